The molecule has 0 aliphatic carbocycles. The summed E-state index contributed by atoms with van der Waals surface area (Å²) in [5.74, 6) is 0.947. The number of hydrogen-bond donors (Lipinski definition) is 0. The molecule has 0 N–H and O–H groups in total. The summed E-state index contributed by atoms with van der Waals surface area (Å²) in [6.07, 6.45) is 1.64. The molecule has 1 amide bonds. The second kappa shape index (κ2) is 9.24. The summed E-state index contributed by atoms with van der Waals surface area (Å²) in [5.41, 5.74) is 1.52. The Morgan fingerprint density at radius 1 is 0.875 bits per heavy atom. The van der Waals surface area contributed by atoms with Crippen molar-refractivity contribution in [3.8, 4) is 10.6 Å². The Hall–Kier alpha value is -3.00. The highest BCUT2D eigenvalue weighted by molar-refractivity contribution is 7.13. The van der Waals surface area contributed by atoms with E-state index in [-0.39, 0.29) is 17.6 Å². The number of thiophene rings is 1. The van der Waals surface area contributed by atoms with Crippen molar-refractivity contribution in [2.45, 2.75) is 12.8 Å². The molecule has 2 aliphatic rings. The number of piperazine rings is 1. The Labute approximate surface area is 191 Å². The van der Waals surface area contributed by atoms with Gasteiger partial charge in [-0.15, -0.1) is 21.5 Å². The van der Waals surface area contributed by atoms with Crippen molar-refractivity contribution >= 4 is 28.7 Å². The van der Waals surface area contributed by atoms with Crippen LogP contribution in [-0.2, 0) is 4.79 Å². The summed E-state index contributed by atoms with van der Waals surface area (Å²) in [7, 11) is 0. The standard InChI is InChI=1S/C24H26FN5OS/c25-19-4-1-2-5-21(19)28-13-15-30(16-14-28)24(31)18-9-11-29(12-10-18)23-8-7-20(26-27-23)22-6-3-17-32-22/h1-8,17-18H,9-16H2. The van der Waals surface area contributed by atoms with Gasteiger partial charge >= 0.3 is 0 Å². The maximum atomic E-state index is 14.1. The normalized spacial score (nSPS) is 17.6. The zero-order valence-corrected chi connectivity index (χ0v) is 18.7. The van der Waals surface area contributed by atoms with Gasteiger partial charge < -0.3 is 14.7 Å². The highest BCUT2D eigenvalue weighted by Crippen LogP contribution is 2.27. The quantitative estimate of drug-likeness (QED) is 0.602. The van der Waals surface area contributed by atoms with Crippen molar-refractivity contribution in [1.82, 2.24) is 15.1 Å². The van der Waals surface area contributed by atoms with E-state index in [2.05, 4.69) is 15.1 Å². The first kappa shape index (κ1) is 20.9. The molecule has 0 unspecified atom stereocenters. The van der Waals surface area contributed by atoms with Crippen LogP contribution in [0.1, 0.15) is 12.8 Å². The highest BCUT2D eigenvalue weighted by atomic mass is 32.1. The zero-order chi connectivity index (χ0) is 21.9. The third kappa shape index (κ3) is 4.32. The Balaban J connectivity index is 1.13. The molecule has 2 aliphatic heterocycles. The molecule has 166 valence electrons. The summed E-state index contributed by atoms with van der Waals surface area (Å²) in [6, 6.07) is 14.9. The van der Waals surface area contributed by atoms with E-state index in [0.29, 0.717) is 31.9 Å². The second-order valence-corrected chi connectivity index (χ2v) is 9.23. The Bertz CT molecular complexity index is 1040. The van der Waals surface area contributed by atoms with Crippen molar-refractivity contribution in [2.24, 2.45) is 5.92 Å². The van der Waals surface area contributed by atoms with Gasteiger partial charge in [0.25, 0.3) is 0 Å². The molecule has 0 radical (unpaired) electrons. The molecule has 8 heteroatoms. The molecule has 1 aromatic carbocycles. The minimum absolute atomic E-state index is 0.0459. The Morgan fingerprint density at radius 3 is 2.31 bits per heavy atom. The van der Waals surface area contributed by atoms with Gasteiger partial charge in [-0.1, -0.05) is 18.2 Å². The maximum Gasteiger partial charge on any atom is 0.225 e. The van der Waals surface area contributed by atoms with Crippen LogP contribution in [0.15, 0.2) is 53.9 Å². The number of rotatable bonds is 4. The molecule has 2 fully saturated rings. The van der Waals surface area contributed by atoms with Gasteiger partial charge in [-0.05, 0) is 48.6 Å². The minimum atomic E-state index is -0.203. The molecule has 4 heterocycles. The topological polar surface area (TPSA) is 52.6 Å². The summed E-state index contributed by atoms with van der Waals surface area (Å²) in [5, 5.41) is 10.8. The number of aromatic nitrogens is 2. The van der Waals surface area contributed by atoms with Gasteiger partial charge in [-0.2, -0.15) is 0 Å². The van der Waals surface area contributed by atoms with Crippen LogP contribution in [-0.4, -0.2) is 60.3 Å². The largest absolute Gasteiger partial charge is 0.366 e. The van der Waals surface area contributed by atoms with Crippen molar-refractivity contribution in [3.63, 3.8) is 0 Å². The van der Waals surface area contributed by atoms with Crippen molar-refractivity contribution in [1.29, 1.82) is 0 Å². The summed E-state index contributed by atoms with van der Waals surface area (Å²) in [4.78, 5) is 20.4. The Morgan fingerprint density at radius 2 is 1.66 bits per heavy atom. The first-order valence-corrected chi connectivity index (χ1v) is 12.0. The van der Waals surface area contributed by atoms with Crippen LogP contribution in [0.2, 0.25) is 0 Å². The van der Waals surface area contributed by atoms with Crippen molar-refractivity contribution in [2.75, 3.05) is 49.1 Å². The van der Waals surface area contributed by atoms with Crippen molar-refractivity contribution < 1.29 is 9.18 Å². The van der Waals surface area contributed by atoms with E-state index >= 15 is 0 Å². The number of piperidine rings is 1. The molecule has 5 rings (SSSR count). The van der Waals surface area contributed by atoms with Gasteiger partial charge in [0.15, 0.2) is 5.82 Å². The molecule has 6 nitrogen and oxygen atoms in total. The van der Waals surface area contributed by atoms with Crippen LogP contribution in [0.5, 0.6) is 0 Å². The van der Waals surface area contributed by atoms with Gasteiger partial charge in [-0.25, -0.2) is 4.39 Å². The molecule has 32 heavy (non-hydrogen) atoms. The highest BCUT2D eigenvalue weighted by Gasteiger charge is 2.31. The number of nitrogens with zero attached hydrogens (tertiary/aromatic N) is 5. The number of hydrogen-bond acceptors (Lipinski definition) is 6. The number of amides is 1. The first-order chi connectivity index (χ1) is 15.7. The summed E-state index contributed by atoms with van der Waals surface area (Å²) < 4.78 is 14.1. The molecule has 0 bridgehead atoms. The predicted octanol–water partition coefficient (Wildman–Crippen LogP) is 3.91. The van der Waals surface area contributed by atoms with Gasteiger partial charge in [0.05, 0.1) is 10.6 Å². The van der Waals surface area contributed by atoms with Crippen LogP contribution in [0.3, 0.4) is 0 Å². The van der Waals surface area contributed by atoms with Crippen LogP contribution in [0.25, 0.3) is 10.6 Å². The monoisotopic (exact) mass is 451 g/mol. The lowest BCUT2D eigenvalue weighted by Crippen LogP contribution is -2.52. The van der Waals surface area contributed by atoms with Crippen LogP contribution >= 0.6 is 11.3 Å². The minimum Gasteiger partial charge on any atom is -0.366 e. The van der Waals surface area contributed by atoms with Gasteiger partial charge in [0.1, 0.15) is 11.5 Å². The van der Waals surface area contributed by atoms with Crippen molar-refractivity contribution in [3.05, 3.63) is 59.7 Å². The molecular weight excluding hydrogens is 425 g/mol. The lowest BCUT2D eigenvalue weighted by molar-refractivity contribution is -0.136. The van der Waals surface area contributed by atoms with Gasteiger partial charge in [0, 0.05) is 45.2 Å². The number of carbonyl (C=O) groups is 1. The number of halogens is 1. The zero-order valence-electron chi connectivity index (χ0n) is 17.9. The fourth-order valence-electron chi connectivity index (χ4n) is 4.54. The van der Waals surface area contributed by atoms with E-state index in [1.54, 1.807) is 23.5 Å². The SMILES string of the molecule is O=C(C1CCN(c2ccc(-c3cccs3)nn2)CC1)N1CCN(c2ccccc2F)CC1. The van der Waals surface area contributed by atoms with Crippen LogP contribution < -0.4 is 9.80 Å². The summed E-state index contributed by atoms with van der Waals surface area (Å²) in [6.45, 7) is 4.22. The molecule has 2 aromatic heterocycles. The van der Waals surface area contributed by atoms with Gasteiger partial charge in [0.2, 0.25) is 5.91 Å². The average molecular weight is 452 g/mol. The third-order valence-corrected chi connectivity index (χ3v) is 7.27. The lowest BCUT2D eigenvalue weighted by Gasteiger charge is -2.39. The molecule has 0 spiro atoms. The van der Waals surface area contributed by atoms with E-state index in [1.165, 1.54) is 6.07 Å². The van der Waals surface area contributed by atoms with E-state index in [0.717, 1.165) is 42.3 Å². The number of carbonyl (C=O) groups excluding carboxylic acids is 1. The second-order valence-electron chi connectivity index (χ2n) is 8.28. The fourth-order valence-corrected chi connectivity index (χ4v) is 5.23. The van der Waals surface area contributed by atoms with Crippen LogP contribution in [0.4, 0.5) is 15.9 Å². The summed E-state index contributed by atoms with van der Waals surface area (Å²) >= 11 is 1.65. The number of para-hydroxylation sites is 1. The smallest absolute Gasteiger partial charge is 0.225 e. The maximum absolute atomic E-state index is 14.1. The first-order valence-electron chi connectivity index (χ1n) is 11.1. The van der Waals surface area contributed by atoms with E-state index < -0.39 is 0 Å². The molecule has 0 saturated carbocycles. The molecular formula is C24H26FN5OS. The average Bonchev–Trinajstić information content (AvgIpc) is 3.39. The van der Waals surface area contributed by atoms with E-state index in [4.69, 9.17) is 0 Å². The number of anilines is 2. The molecule has 0 atom stereocenters. The predicted molar refractivity (Wildman–Crippen MR) is 125 cm³/mol. The van der Waals surface area contributed by atoms with Crippen LogP contribution in [0, 0.1) is 11.7 Å². The number of benzene rings is 1. The molecule has 2 saturated heterocycles. The van der Waals surface area contributed by atoms with E-state index in [9.17, 15) is 9.18 Å². The lowest BCUT2D eigenvalue weighted by atomic mass is 9.95. The van der Waals surface area contributed by atoms with Gasteiger partial charge in [-0.3, -0.25) is 4.79 Å². The third-order valence-electron chi connectivity index (χ3n) is 6.38. The molecule has 3 aromatic rings. The Kier molecular flexibility index (Phi) is 6.03. The fraction of sp³-hybridized carbons (Fsp3) is 0.375. The van der Waals surface area contributed by atoms with E-state index in [1.807, 2.05) is 45.5 Å².